The van der Waals surface area contributed by atoms with Crippen LogP contribution in [-0.4, -0.2) is 85.9 Å². The third-order valence-electron chi connectivity index (χ3n) is 9.75. The Morgan fingerprint density at radius 1 is 1.10 bits per heavy atom. The van der Waals surface area contributed by atoms with Gasteiger partial charge in [-0.15, -0.1) is 11.3 Å². The zero-order chi connectivity index (χ0) is 29.3. The third kappa shape index (κ3) is 6.46. The predicted molar refractivity (Wildman–Crippen MR) is 161 cm³/mol. The molecular formula is C31H43N3O5S2. The second-order valence-corrected chi connectivity index (χ2v) is 15.8. The molecule has 2 saturated carbocycles. The maximum absolute atomic E-state index is 14.2. The van der Waals surface area contributed by atoms with Crippen molar-refractivity contribution in [2.75, 3.05) is 51.7 Å². The average Bonchev–Trinajstić information content (AvgIpc) is 3.52. The van der Waals surface area contributed by atoms with Crippen LogP contribution in [0, 0.1) is 23.7 Å². The van der Waals surface area contributed by atoms with Gasteiger partial charge in [0.15, 0.2) is 0 Å². The van der Waals surface area contributed by atoms with Crippen LogP contribution in [0.2, 0.25) is 0 Å². The molecule has 1 amide bonds. The fourth-order valence-electron chi connectivity index (χ4n) is 6.95. The molecule has 3 fully saturated rings. The molecule has 0 radical (unpaired) electrons. The molecule has 2 unspecified atom stereocenters. The van der Waals surface area contributed by atoms with Crippen molar-refractivity contribution >= 4 is 33.1 Å². The molecule has 5 rings (SSSR count). The number of fused-ring (bicyclic) bond motifs is 2. The highest BCUT2D eigenvalue weighted by Crippen LogP contribution is 2.64. The van der Waals surface area contributed by atoms with E-state index in [-0.39, 0.29) is 41.9 Å². The molecular weight excluding hydrogens is 558 g/mol. The van der Waals surface area contributed by atoms with E-state index in [1.807, 2.05) is 49.4 Å². The second kappa shape index (κ2) is 12.2. The summed E-state index contributed by atoms with van der Waals surface area (Å²) in [4.78, 5) is 33.4. The largest absolute Gasteiger partial charge is 0.379 e. The molecule has 2 aromatic rings. The van der Waals surface area contributed by atoms with Gasteiger partial charge >= 0.3 is 0 Å². The Bertz CT molecular complexity index is 1340. The molecule has 2 heterocycles. The monoisotopic (exact) mass is 601 g/mol. The summed E-state index contributed by atoms with van der Waals surface area (Å²) in [5, 5.41) is 0. The highest BCUT2D eigenvalue weighted by atomic mass is 32.2. The summed E-state index contributed by atoms with van der Waals surface area (Å²) < 4.78 is 35.3. The number of aryl methyl sites for hydroxylation is 1. The average molecular weight is 602 g/mol. The number of Topliss-reactive ketones (excluding diaryl/α,β-unsaturated/α-hetero) is 1. The minimum atomic E-state index is -3.91. The van der Waals surface area contributed by atoms with Gasteiger partial charge in [0.25, 0.3) is 0 Å². The smallest absolute Gasteiger partial charge is 0.238 e. The number of morpholine rings is 1. The molecule has 0 N–H and O–H groups in total. The van der Waals surface area contributed by atoms with Crippen molar-refractivity contribution in [2.45, 2.75) is 53.1 Å². The van der Waals surface area contributed by atoms with Crippen LogP contribution < -0.4 is 0 Å². The molecule has 2 atom stereocenters. The molecule has 2 aliphatic carbocycles. The van der Waals surface area contributed by atoms with E-state index >= 15 is 0 Å². The summed E-state index contributed by atoms with van der Waals surface area (Å²) in [7, 11) is -3.91. The topological polar surface area (TPSA) is 87.2 Å². The number of benzene rings is 1. The Morgan fingerprint density at radius 3 is 2.44 bits per heavy atom. The summed E-state index contributed by atoms with van der Waals surface area (Å²) >= 11 is 1.64. The number of amides is 1. The molecule has 1 saturated heterocycles. The van der Waals surface area contributed by atoms with Crippen molar-refractivity contribution < 1.29 is 22.7 Å². The van der Waals surface area contributed by atoms with E-state index in [1.54, 1.807) is 16.2 Å². The Kier molecular flexibility index (Phi) is 9.07. The van der Waals surface area contributed by atoms with Gasteiger partial charge < -0.3 is 9.64 Å². The molecule has 1 aromatic carbocycles. The number of rotatable bonds is 12. The Labute approximate surface area is 248 Å². The molecule has 0 spiro atoms. The van der Waals surface area contributed by atoms with Gasteiger partial charge in [0.2, 0.25) is 15.9 Å². The number of hydrogen-bond donors (Lipinski definition) is 0. The fourth-order valence-corrected chi connectivity index (χ4v) is 10.0. The minimum Gasteiger partial charge on any atom is -0.379 e. The normalized spacial score (nSPS) is 24.3. The fraction of sp³-hybridized carbons (Fsp3) is 0.613. The van der Waals surface area contributed by atoms with E-state index in [0.29, 0.717) is 45.7 Å². The first-order valence-corrected chi connectivity index (χ1v) is 17.1. The van der Waals surface area contributed by atoms with Crippen LogP contribution in [0.1, 0.15) is 48.4 Å². The molecule has 3 aliphatic rings. The maximum Gasteiger partial charge on any atom is 0.238 e. The second-order valence-electron chi connectivity index (χ2n) is 12.5. The lowest BCUT2D eigenvalue weighted by Crippen LogP contribution is -2.51. The lowest BCUT2D eigenvalue weighted by Gasteiger charge is -2.38. The highest BCUT2D eigenvalue weighted by molar-refractivity contribution is 7.89. The van der Waals surface area contributed by atoms with Gasteiger partial charge in [-0.3, -0.25) is 14.5 Å². The summed E-state index contributed by atoms with van der Waals surface area (Å²) in [6, 6.07) is 13.9. The number of carbonyl (C=O) groups is 2. The van der Waals surface area contributed by atoms with Crippen molar-refractivity contribution in [1.29, 1.82) is 0 Å². The van der Waals surface area contributed by atoms with Crippen molar-refractivity contribution in [2.24, 2.45) is 16.7 Å². The molecule has 41 heavy (non-hydrogen) atoms. The van der Waals surface area contributed by atoms with Crippen molar-refractivity contribution in [3.8, 4) is 0 Å². The number of carbonyl (C=O) groups excluding carboxylic acids is 2. The van der Waals surface area contributed by atoms with Gasteiger partial charge in [-0.2, -0.15) is 4.31 Å². The summed E-state index contributed by atoms with van der Waals surface area (Å²) in [6.45, 7) is 10.1. The zero-order valence-electron chi connectivity index (χ0n) is 24.5. The number of hydrogen-bond acceptors (Lipinski definition) is 7. The Balaban J connectivity index is 1.39. The van der Waals surface area contributed by atoms with Crippen molar-refractivity contribution in [3.63, 3.8) is 0 Å². The van der Waals surface area contributed by atoms with Crippen LogP contribution >= 0.6 is 11.3 Å². The van der Waals surface area contributed by atoms with Crippen LogP contribution in [-0.2, 0) is 37.4 Å². The van der Waals surface area contributed by atoms with Gasteiger partial charge in [-0.25, -0.2) is 8.42 Å². The maximum atomic E-state index is 14.2. The Morgan fingerprint density at radius 2 is 1.83 bits per heavy atom. The van der Waals surface area contributed by atoms with Crippen LogP contribution in [0.25, 0.3) is 0 Å². The number of ether oxygens (including phenoxy) is 1. The van der Waals surface area contributed by atoms with E-state index in [2.05, 4.69) is 18.7 Å². The molecule has 2 bridgehead atoms. The molecule has 1 aliphatic heterocycles. The Hall–Kier alpha value is -2.11. The van der Waals surface area contributed by atoms with E-state index in [4.69, 9.17) is 4.74 Å². The quantitative estimate of drug-likeness (QED) is 0.366. The van der Waals surface area contributed by atoms with Crippen LogP contribution in [0.4, 0.5) is 0 Å². The van der Waals surface area contributed by atoms with Crippen LogP contribution in [0.5, 0.6) is 0 Å². The number of nitrogens with zero attached hydrogens (tertiary/aromatic N) is 3. The first kappa shape index (κ1) is 30.4. The number of sulfonamides is 1. The van der Waals surface area contributed by atoms with Crippen LogP contribution in [0.15, 0.2) is 42.5 Å². The SMILES string of the molecule is Cc1ccc(CN(Cc2ccccc2)C(=O)CN(CCN2CCOCC2)S(=O)(=O)CC23CCC(CC2=O)C3(C)C)s1. The van der Waals surface area contributed by atoms with Gasteiger partial charge in [-0.05, 0) is 48.8 Å². The standard InChI is InChI=1S/C31H43N3O5S2/c1-24-9-10-27(40-24)21-33(20-25-7-5-4-6-8-25)29(36)22-34(14-13-32-15-17-39-18-16-32)41(37,38)23-31-12-11-26(19-28(31)35)30(31,2)3/h4-10,26H,11-23H2,1-3H3. The summed E-state index contributed by atoms with van der Waals surface area (Å²) in [6.07, 6.45) is 1.94. The lowest BCUT2D eigenvalue weighted by molar-refractivity contribution is -0.132. The van der Waals surface area contributed by atoms with Crippen molar-refractivity contribution in [1.82, 2.24) is 14.1 Å². The zero-order valence-corrected chi connectivity index (χ0v) is 26.1. The van der Waals surface area contributed by atoms with Gasteiger partial charge in [0, 0.05) is 54.3 Å². The first-order valence-electron chi connectivity index (χ1n) is 14.7. The van der Waals surface area contributed by atoms with Crippen molar-refractivity contribution in [3.05, 3.63) is 57.8 Å². The van der Waals surface area contributed by atoms with E-state index in [0.717, 1.165) is 30.0 Å². The van der Waals surface area contributed by atoms with Gasteiger partial charge in [-0.1, -0.05) is 44.2 Å². The third-order valence-corrected chi connectivity index (χ3v) is 12.7. The highest BCUT2D eigenvalue weighted by Gasteiger charge is 2.65. The van der Waals surface area contributed by atoms with Crippen LogP contribution in [0.3, 0.4) is 0 Å². The van der Waals surface area contributed by atoms with Gasteiger partial charge in [0.1, 0.15) is 5.78 Å². The van der Waals surface area contributed by atoms with E-state index in [1.165, 1.54) is 9.18 Å². The summed E-state index contributed by atoms with van der Waals surface area (Å²) in [5.41, 5.74) is -0.256. The molecule has 10 heteroatoms. The molecule has 224 valence electrons. The van der Waals surface area contributed by atoms with Gasteiger partial charge in [0.05, 0.1) is 32.1 Å². The predicted octanol–water partition coefficient (Wildman–Crippen LogP) is 3.94. The van der Waals surface area contributed by atoms with E-state index < -0.39 is 15.4 Å². The molecule has 1 aromatic heterocycles. The number of ketones is 1. The lowest BCUT2D eigenvalue weighted by atomic mass is 9.70. The molecule has 8 nitrogen and oxygen atoms in total. The van der Waals surface area contributed by atoms with E-state index in [9.17, 15) is 18.0 Å². The minimum absolute atomic E-state index is 0.0700. The first-order chi connectivity index (χ1) is 19.5. The number of thiophene rings is 1. The summed E-state index contributed by atoms with van der Waals surface area (Å²) in [5.74, 6) is -0.157.